The van der Waals surface area contributed by atoms with Gasteiger partial charge in [-0.25, -0.2) is 0 Å². The van der Waals surface area contributed by atoms with E-state index in [1.54, 1.807) is 0 Å². The van der Waals surface area contributed by atoms with Gasteiger partial charge in [0.1, 0.15) is 0 Å². The van der Waals surface area contributed by atoms with Crippen LogP contribution in [0.25, 0.3) is 0 Å². The molecule has 6 heavy (non-hydrogen) atoms. The third-order valence-corrected chi connectivity index (χ3v) is 0.779. The summed E-state index contributed by atoms with van der Waals surface area (Å²) in [5.74, 6) is 0. The summed E-state index contributed by atoms with van der Waals surface area (Å²) in [6, 6.07) is 0. The van der Waals surface area contributed by atoms with Crippen molar-refractivity contribution < 1.29 is 0 Å². The number of rotatable bonds is 1. The molecule has 0 fully saturated rings. The standard InChI is InChI=1S/C5H11N/c1-3-5(6)4-2/h3H,4,6H2,1-2H3. The predicted molar refractivity (Wildman–Crippen MR) is 28.2 cm³/mol. The fourth-order valence-corrected chi connectivity index (χ4v) is 0.204. The topological polar surface area (TPSA) is 26.0 Å². The molecule has 0 amide bonds. The van der Waals surface area contributed by atoms with Crippen molar-refractivity contribution >= 4 is 0 Å². The molecule has 36 valence electrons. The van der Waals surface area contributed by atoms with Crippen LogP contribution in [0, 0.1) is 0 Å². The fraction of sp³-hybridized carbons (Fsp3) is 0.600. The molecular weight excluding hydrogens is 74.1 g/mol. The molecule has 0 aromatic carbocycles. The molecule has 0 aliphatic carbocycles. The fourth-order valence-electron chi connectivity index (χ4n) is 0.204. The van der Waals surface area contributed by atoms with Crippen molar-refractivity contribution in [3.8, 4) is 0 Å². The minimum Gasteiger partial charge on any atom is -0.402 e. The van der Waals surface area contributed by atoms with Crippen molar-refractivity contribution in [2.24, 2.45) is 5.73 Å². The second-order valence-corrected chi connectivity index (χ2v) is 1.22. The van der Waals surface area contributed by atoms with Gasteiger partial charge in [0.15, 0.2) is 0 Å². The minimum atomic E-state index is 0.968. The Bertz CT molecular complexity index is 55.0. The summed E-state index contributed by atoms with van der Waals surface area (Å²) in [6.07, 6.45) is 2.89. The average Bonchev–Trinajstić information content (AvgIpc) is 1.65. The Morgan fingerprint density at radius 3 is 2.33 bits per heavy atom. The van der Waals surface area contributed by atoms with Crippen LogP contribution < -0.4 is 5.73 Å². The van der Waals surface area contributed by atoms with E-state index in [0.717, 1.165) is 12.1 Å². The smallest absolute Gasteiger partial charge is 0.00343 e. The molecule has 0 aliphatic rings. The number of hydrogen-bond donors (Lipinski definition) is 1. The third-order valence-electron chi connectivity index (χ3n) is 0.779. The number of nitrogens with two attached hydrogens (primary N) is 1. The second kappa shape index (κ2) is 2.76. The maximum absolute atomic E-state index is 5.33. The molecule has 0 saturated carbocycles. The Labute approximate surface area is 38.8 Å². The molecule has 1 nitrogen and oxygen atoms in total. The highest BCUT2D eigenvalue weighted by atomic mass is 14.6. The van der Waals surface area contributed by atoms with E-state index in [2.05, 4.69) is 0 Å². The van der Waals surface area contributed by atoms with Gasteiger partial charge in [0.2, 0.25) is 0 Å². The van der Waals surface area contributed by atoms with Crippen LogP contribution in [0.3, 0.4) is 0 Å². The van der Waals surface area contributed by atoms with Gasteiger partial charge in [-0.05, 0) is 13.3 Å². The molecule has 0 spiro atoms. The van der Waals surface area contributed by atoms with Crippen LogP contribution in [0.5, 0.6) is 0 Å². The van der Waals surface area contributed by atoms with Crippen LogP contribution in [0.2, 0.25) is 0 Å². The van der Waals surface area contributed by atoms with Gasteiger partial charge >= 0.3 is 0 Å². The van der Waals surface area contributed by atoms with Gasteiger partial charge in [-0.15, -0.1) is 0 Å². The zero-order chi connectivity index (χ0) is 4.99. The molecule has 0 aliphatic heterocycles. The Balaban J connectivity index is 3.22. The first kappa shape index (κ1) is 5.54. The summed E-state index contributed by atoms with van der Waals surface area (Å²) < 4.78 is 0. The van der Waals surface area contributed by atoms with E-state index in [0.29, 0.717) is 0 Å². The Kier molecular flexibility index (Phi) is 2.55. The minimum absolute atomic E-state index is 0.968. The summed E-state index contributed by atoms with van der Waals surface area (Å²) in [6.45, 7) is 3.98. The molecular formula is C5H11N. The van der Waals surface area contributed by atoms with Gasteiger partial charge in [0.25, 0.3) is 0 Å². The highest BCUT2D eigenvalue weighted by Crippen LogP contribution is 1.85. The second-order valence-electron chi connectivity index (χ2n) is 1.22. The molecule has 0 bridgehead atoms. The van der Waals surface area contributed by atoms with Crippen LogP contribution >= 0.6 is 0 Å². The number of allylic oxidation sites excluding steroid dienone is 2. The molecule has 2 N–H and O–H groups in total. The lowest BCUT2D eigenvalue weighted by Crippen LogP contribution is -1.91. The maximum atomic E-state index is 5.33. The van der Waals surface area contributed by atoms with Crippen LogP contribution in [0.1, 0.15) is 20.3 Å². The molecule has 0 heterocycles. The van der Waals surface area contributed by atoms with Crippen LogP contribution in [-0.4, -0.2) is 0 Å². The van der Waals surface area contributed by atoms with Crippen LogP contribution in [-0.2, 0) is 0 Å². The van der Waals surface area contributed by atoms with E-state index in [4.69, 9.17) is 5.73 Å². The first-order valence-corrected chi connectivity index (χ1v) is 2.22. The van der Waals surface area contributed by atoms with Gasteiger partial charge in [-0.1, -0.05) is 13.0 Å². The van der Waals surface area contributed by atoms with Gasteiger partial charge in [-0.3, -0.25) is 0 Å². The molecule has 0 radical (unpaired) electrons. The molecule has 0 saturated heterocycles. The van der Waals surface area contributed by atoms with Crippen molar-refractivity contribution in [1.29, 1.82) is 0 Å². The third kappa shape index (κ3) is 1.82. The van der Waals surface area contributed by atoms with Gasteiger partial charge in [0.05, 0.1) is 0 Å². The monoisotopic (exact) mass is 85.1 g/mol. The SMILES string of the molecule is CC=C(N)CC. The number of hydrogen-bond acceptors (Lipinski definition) is 1. The Morgan fingerprint density at radius 2 is 2.33 bits per heavy atom. The summed E-state index contributed by atoms with van der Waals surface area (Å²) in [7, 11) is 0. The molecule has 0 atom stereocenters. The molecule has 0 aromatic rings. The highest BCUT2D eigenvalue weighted by molar-refractivity contribution is 4.91. The lowest BCUT2D eigenvalue weighted by molar-refractivity contribution is 1.06. The average molecular weight is 85.1 g/mol. The van der Waals surface area contributed by atoms with Crippen LogP contribution in [0.4, 0.5) is 0 Å². The van der Waals surface area contributed by atoms with Crippen molar-refractivity contribution in [2.45, 2.75) is 20.3 Å². The van der Waals surface area contributed by atoms with Crippen molar-refractivity contribution in [3.63, 3.8) is 0 Å². The lowest BCUT2D eigenvalue weighted by atomic mass is 10.3. The van der Waals surface area contributed by atoms with Crippen molar-refractivity contribution in [3.05, 3.63) is 11.8 Å². The summed E-state index contributed by atoms with van der Waals surface area (Å²) in [5.41, 5.74) is 6.30. The van der Waals surface area contributed by atoms with Gasteiger partial charge in [0, 0.05) is 5.70 Å². The van der Waals surface area contributed by atoms with Gasteiger partial charge < -0.3 is 5.73 Å². The quantitative estimate of drug-likeness (QED) is 0.509. The van der Waals surface area contributed by atoms with E-state index >= 15 is 0 Å². The van der Waals surface area contributed by atoms with Gasteiger partial charge in [-0.2, -0.15) is 0 Å². The summed E-state index contributed by atoms with van der Waals surface area (Å²) >= 11 is 0. The highest BCUT2D eigenvalue weighted by Gasteiger charge is 1.73. The largest absolute Gasteiger partial charge is 0.402 e. The maximum Gasteiger partial charge on any atom is 0.00343 e. The lowest BCUT2D eigenvalue weighted by Gasteiger charge is -1.86. The first-order valence-electron chi connectivity index (χ1n) is 2.22. The van der Waals surface area contributed by atoms with Crippen molar-refractivity contribution in [1.82, 2.24) is 0 Å². The van der Waals surface area contributed by atoms with E-state index in [1.807, 2.05) is 19.9 Å². The molecule has 0 unspecified atom stereocenters. The Hall–Kier alpha value is -0.460. The summed E-state index contributed by atoms with van der Waals surface area (Å²) in [5, 5.41) is 0. The van der Waals surface area contributed by atoms with Crippen molar-refractivity contribution in [2.75, 3.05) is 0 Å². The molecule has 1 heteroatoms. The van der Waals surface area contributed by atoms with E-state index < -0.39 is 0 Å². The zero-order valence-corrected chi connectivity index (χ0v) is 4.36. The Morgan fingerprint density at radius 1 is 1.83 bits per heavy atom. The van der Waals surface area contributed by atoms with E-state index in [9.17, 15) is 0 Å². The normalized spacial score (nSPS) is 12.0. The summed E-state index contributed by atoms with van der Waals surface area (Å²) in [4.78, 5) is 0. The zero-order valence-electron chi connectivity index (χ0n) is 4.36. The van der Waals surface area contributed by atoms with E-state index in [-0.39, 0.29) is 0 Å². The van der Waals surface area contributed by atoms with E-state index in [1.165, 1.54) is 0 Å². The molecule has 0 rings (SSSR count). The van der Waals surface area contributed by atoms with Crippen LogP contribution in [0.15, 0.2) is 11.8 Å². The first-order chi connectivity index (χ1) is 2.81. The molecule has 0 aromatic heterocycles. The predicted octanol–water partition coefficient (Wildman–Crippen LogP) is 1.26.